The average Bonchev–Trinajstić information content (AvgIpc) is 2.34. The highest BCUT2D eigenvalue weighted by Crippen LogP contribution is 2.08. The van der Waals surface area contributed by atoms with Gasteiger partial charge in [0.05, 0.1) is 0 Å². The summed E-state index contributed by atoms with van der Waals surface area (Å²) in [5, 5.41) is 0. The molecule has 0 aromatic heterocycles. The zero-order valence-corrected chi connectivity index (χ0v) is 12.7. The molecule has 0 unspecified atom stereocenters. The first-order chi connectivity index (χ1) is 9.10. The molecule has 0 aliphatic rings. The van der Waals surface area contributed by atoms with E-state index < -0.39 is 0 Å². The van der Waals surface area contributed by atoms with Crippen molar-refractivity contribution < 1.29 is 4.79 Å². The Kier molecular flexibility index (Phi) is 11.0. The first kappa shape index (κ1) is 17.7. The lowest BCUT2D eigenvalue weighted by molar-refractivity contribution is -0.113. The van der Waals surface area contributed by atoms with E-state index in [0.717, 1.165) is 31.3 Å². The van der Waals surface area contributed by atoms with Crippen molar-refractivity contribution in [2.24, 2.45) is 0 Å². The molecule has 0 amide bonds. The highest BCUT2D eigenvalue weighted by molar-refractivity contribution is 6.17. The lowest BCUT2D eigenvalue weighted by atomic mass is 10.1. The van der Waals surface area contributed by atoms with E-state index in [1.165, 1.54) is 5.57 Å². The largest absolute Gasteiger partial charge is 0.294 e. The maximum atomic E-state index is 11.6. The van der Waals surface area contributed by atoms with Crippen LogP contribution in [0.4, 0.5) is 0 Å². The first-order valence-electron chi connectivity index (χ1n) is 6.62. The first-order valence-corrected chi connectivity index (χ1v) is 7.16. The van der Waals surface area contributed by atoms with Crippen LogP contribution >= 0.6 is 11.6 Å². The van der Waals surface area contributed by atoms with Gasteiger partial charge in [0.25, 0.3) is 0 Å². The fourth-order valence-electron chi connectivity index (χ4n) is 1.41. The average molecular weight is 279 g/mol. The molecule has 0 aliphatic carbocycles. The molecule has 0 fully saturated rings. The summed E-state index contributed by atoms with van der Waals surface area (Å²) in [6.45, 7) is 7.71. The van der Waals surface area contributed by atoms with Crippen LogP contribution in [0.15, 0.2) is 36.0 Å². The molecule has 0 aromatic rings. The zero-order chi connectivity index (χ0) is 14.5. The molecular weight excluding hydrogens is 256 g/mol. The number of rotatable bonds is 8. The van der Waals surface area contributed by atoms with Crippen LogP contribution < -0.4 is 0 Å². The smallest absolute Gasteiger partial charge is 0.160 e. The third-order valence-electron chi connectivity index (χ3n) is 2.33. The second-order valence-corrected chi connectivity index (χ2v) is 4.92. The van der Waals surface area contributed by atoms with E-state index in [2.05, 4.69) is 38.3 Å². The Morgan fingerprint density at radius 3 is 2.68 bits per heavy atom. The maximum absolute atomic E-state index is 11.6. The van der Waals surface area contributed by atoms with Gasteiger partial charge in [-0.25, -0.2) is 0 Å². The highest BCUT2D eigenvalue weighted by Gasteiger charge is 1.98. The van der Waals surface area contributed by atoms with Crippen molar-refractivity contribution in [1.29, 1.82) is 0 Å². The monoisotopic (exact) mass is 278 g/mol. The van der Waals surface area contributed by atoms with Crippen molar-refractivity contribution in [2.45, 2.75) is 46.0 Å². The second-order valence-electron chi connectivity index (χ2n) is 4.54. The summed E-state index contributed by atoms with van der Waals surface area (Å²) in [7, 11) is 0. The third-order valence-corrected chi connectivity index (χ3v) is 2.60. The molecule has 0 saturated carbocycles. The van der Waals surface area contributed by atoms with Gasteiger partial charge in [0.2, 0.25) is 0 Å². The van der Waals surface area contributed by atoms with E-state index in [1.54, 1.807) is 12.2 Å². The van der Waals surface area contributed by atoms with Crippen molar-refractivity contribution in [2.75, 3.05) is 5.88 Å². The molecule has 0 saturated heterocycles. The van der Waals surface area contributed by atoms with Crippen LogP contribution in [0.5, 0.6) is 0 Å². The van der Waals surface area contributed by atoms with Crippen LogP contribution in [-0.2, 0) is 4.79 Å². The fraction of sp³-hybridized carbons (Fsp3) is 0.471. The molecule has 0 aliphatic heterocycles. The standard InChI is InChI=1S/C17H23ClO/c1-4-9-17(19)14-16(11-6-5-7-13-18)12-8-10-15(2)3/h4,10,14H,1,5,7-9,12-13H2,2-3H3/b16-14+. The van der Waals surface area contributed by atoms with Crippen LogP contribution in [0.2, 0.25) is 0 Å². The molecule has 0 aromatic carbocycles. The van der Waals surface area contributed by atoms with Gasteiger partial charge in [-0.3, -0.25) is 4.79 Å². The molecule has 0 rings (SSSR count). The van der Waals surface area contributed by atoms with Gasteiger partial charge in [0, 0.05) is 24.3 Å². The molecule has 104 valence electrons. The quantitative estimate of drug-likeness (QED) is 0.204. The summed E-state index contributed by atoms with van der Waals surface area (Å²) in [6, 6.07) is 0. The number of halogens is 1. The van der Waals surface area contributed by atoms with Gasteiger partial charge in [-0.1, -0.05) is 29.6 Å². The summed E-state index contributed by atoms with van der Waals surface area (Å²) in [5.41, 5.74) is 2.19. The molecule has 2 heteroatoms. The van der Waals surface area contributed by atoms with E-state index in [9.17, 15) is 4.79 Å². The number of allylic oxidation sites excluding steroid dienone is 5. The molecule has 0 spiro atoms. The Morgan fingerprint density at radius 2 is 2.11 bits per heavy atom. The topological polar surface area (TPSA) is 17.1 Å². The predicted molar refractivity (Wildman–Crippen MR) is 84.3 cm³/mol. The number of alkyl halides is 1. The van der Waals surface area contributed by atoms with Gasteiger partial charge in [-0.2, -0.15) is 0 Å². The summed E-state index contributed by atoms with van der Waals surface area (Å²) < 4.78 is 0. The minimum Gasteiger partial charge on any atom is -0.294 e. The summed E-state index contributed by atoms with van der Waals surface area (Å²) in [6.07, 6.45) is 9.18. The van der Waals surface area contributed by atoms with Gasteiger partial charge in [0.1, 0.15) is 0 Å². The Morgan fingerprint density at radius 1 is 1.37 bits per heavy atom. The third kappa shape index (κ3) is 11.6. The van der Waals surface area contributed by atoms with E-state index >= 15 is 0 Å². The van der Waals surface area contributed by atoms with Crippen LogP contribution in [0, 0.1) is 11.8 Å². The van der Waals surface area contributed by atoms with Gasteiger partial charge in [-0.15, -0.1) is 18.2 Å². The van der Waals surface area contributed by atoms with Crippen molar-refractivity contribution in [3.63, 3.8) is 0 Å². The number of ketones is 1. The Labute approximate surface area is 122 Å². The zero-order valence-electron chi connectivity index (χ0n) is 12.0. The van der Waals surface area contributed by atoms with Crippen LogP contribution in [0.25, 0.3) is 0 Å². The molecule has 0 bridgehead atoms. The second kappa shape index (κ2) is 11.8. The minimum atomic E-state index is 0.0637. The SMILES string of the molecule is C=CCC(=O)/C=C(\C#CCCCCl)CCC=C(C)C. The van der Waals surface area contributed by atoms with Gasteiger partial charge in [0.15, 0.2) is 5.78 Å². The van der Waals surface area contributed by atoms with Crippen molar-refractivity contribution in [1.82, 2.24) is 0 Å². The fourth-order valence-corrected chi connectivity index (χ4v) is 1.55. The number of carbonyl (C=O) groups excluding carboxylic acids is 1. The number of carbonyl (C=O) groups is 1. The molecular formula is C17H23ClO. The Bertz CT molecular complexity index is 401. The molecule has 19 heavy (non-hydrogen) atoms. The number of hydrogen-bond acceptors (Lipinski definition) is 1. The lowest BCUT2D eigenvalue weighted by Crippen LogP contribution is -1.92. The van der Waals surface area contributed by atoms with Crippen molar-refractivity contribution in [3.8, 4) is 11.8 Å². The van der Waals surface area contributed by atoms with Crippen LogP contribution in [-0.4, -0.2) is 11.7 Å². The summed E-state index contributed by atoms with van der Waals surface area (Å²) in [5.74, 6) is 6.85. The van der Waals surface area contributed by atoms with E-state index in [1.807, 2.05) is 0 Å². The summed E-state index contributed by atoms with van der Waals surface area (Å²) in [4.78, 5) is 11.6. The molecule has 0 heterocycles. The highest BCUT2D eigenvalue weighted by atomic mass is 35.5. The summed E-state index contributed by atoms with van der Waals surface area (Å²) >= 11 is 5.61. The van der Waals surface area contributed by atoms with Crippen molar-refractivity contribution >= 4 is 17.4 Å². The Hall–Kier alpha value is -1.26. The number of unbranched alkanes of at least 4 members (excludes halogenated alkanes) is 1. The molecule has 1 nitrogen and oxygen atoms in total. The maximum Gasteiger partial charge on any atom is 0.160 e. The van der Waals surface area contributed by atoms with Gasteiger partial charge >= 0.3 is 0 Å². The minimum absolute atomic E-state index is 0.0637. The molecule has 0 atom stereocenters. The predicted octanol–water partition coefficient (Wildman–Crippen LogP) is 4.83. The molecule has 0 radical (unpaired) electrons. The molecule has 0 N–H and O–H groups in total. The van der Waals surface area contributed by atoms with E-state index in [-0.39, 0.29) is 5.78 Å². The normalized spacial score (nSPS) is 10.4. The number of hydrogen-bond donors (Lipinski definition) is 0. The lowest BCUT2D eigenvalue weighted by Gasteiger charge is -1.98. The van der Waals surface area contributed by atoms with Crippen LogP contribution in [0.3, 0.4) is 0 Å². The Balaban J connectivity index is 4.61. The van der Waals surface area contributed by atoms with E-state index in [4.69, 9.17) is 11.6 Å². The van der Waals surface area contributed by atoms with E-state index in [0.29, 0.717) is 12.3 Å². The van der Waals surface area contributed by atoms with Gasteiger partial charge < -0.3 is 0 Å². The van der Waals surface area contributed by atoms with Crippen LogP contribution in [0.1, 0.15) is 46.0 Å². The van der Waals surface area contributed by atoms with Crippen molar-refractivity contribution in [3.05, 3.63) is 36.0 Å². The van der Waals surface area contributed by atoms with Gasteiger partial charge in [-0.05, 0) is 39.2 Å².